The fourth-order valence-electron chi connectivity index (χ4n) is 4.26. The van der Waals surface area contributed by atoms with Gasteiger partial charge in [0.25, 0.3) is 0 Å². The first kappa shape index (κ1) is 36.4. The first-order valence-corrected chi connectivity index (χ1v) is 13.8. The van der Waals surface area contributed by atoms with E-state index < -0.39 is 0 Å². The molecule has 0 saturated heterocycles. The number of imidazole rings is 1. The molecular formula is C34H44ClN8O2+. The van der Waals surface area contributed by atoms with Crippen molar-refractivity contribution in [2.24, 2.45) is 34.6 Å². The third-order valence-electron chi connectivity index (χ3n) is 6.84. The SMILES string of the molecule is C.CN(C)c1ccc(N=Nc2n(C)cc[n+]2C)cc1.COc1ccccc1N=Nc1c(O)ccc2ccc([N+](C)(C)C)cc12.[Cl-]. The van der Waals surface area contributed by atoms with Crippen LogP contribution in [0.4, 0.5) is 34.4 Å². The molecule has 0 aliphatic heterocycles. The maximum atomic E-state index is 10.3. The van der Waals surface area contributed by atoms with E-state index in [-0.39, 0.29) is 25.6 Å². The minimum atomic E-state index is 0. The average molecular weight is 632 g/mol. The number of azo groups is 2. The number of methoxy groups -OCH3 is 1. The Bertz CT molecular complexity index is 1740. The summed E-state index contributed by atoms with van der Waals surface area (Å²) in [6, 6.07) is 25.1. The van der Waals surface area contributed by atoms with Gasteiger partial charge in [0.05, 0.1) is 54.7 Å². The number of hydrogen-bond donors (Lipinski definition) is 1. The van der Waals surface area contributed by atoms with Crippen LogP contribution in [-0.4, -0.2) is 52.0 Å². The summed E-state index contributed by atoms with van der Waals surface area (Å²) < 4.78 is 9.83. The molecule has 0 spiro atoms. The number of phenolic OH excluding ortho intramolecular Hbond substituents is 1. The van der Waals surface area contributed by atoms with Crippen molar-refractivity contribution < 1.29 is 26.8 Å². The van der Waals surface area contributed by atoms with Crippen molar-refractivity contribution in [2.75, 3.05) is 47.2 Å². The van der Waals surface area contributed by atoms with Crippen LogP contribution in [0.2, 0.25) is 0 Å². The van der Waals surface area contributed by atoms with Crippen LogP contribution in [0.3, 0.4) is 0 Å². The van der Waals surface area contributed by atoms with E-state index in [4.69, 9.17) is 4.74 Å². The zero-order valence-electron chi connectivity index (χ0n) is 26.5. The van der Waals surface area contributed by atoms with Gasteiger partial charge in [0, 0.05) is 36.3 Å². The minimum Gasteiger partial charge on any atom is -1.00 e. The molecule has 0 unspecified atom stereocenters. The van der Waals surface area contributed by atoms with Gasteiger partial charge < -0.3 is 27.2 Å². The molecule has 1 N–H and O–H groups in total. The third kappa shape index (κ3) is 9.10. The van der Waals surface area contributed by atoms with E-state index in [9.17, 15) is 5.11 Å². The Morgan fingerprint density at radius 3 is 2.13 bits per heavy atom. The molecule has 238 valence electrons. The van der Waals surface area contributed by atoms with Crippen molar-refractivity contribution in [3.63, 3.8) is 0 Å². The lowest BCUT2D eigenvalue weighted by Crippen LogP contribution is -3.00. The summed E-state index contributed by atoms with van der Waals surface area (Å²) in [5.74, 6) is 1.55. The predicted molar refractivity (Wildman–Crippen MR) is 181 cm³/mol. The summed E-state index contributed by atoms with van der Waals surface area (Å²) in [5, 5.41) is 29.3. The zero-order chi connectivity index (χ0) is 31.1. The van der Waals surface area contributed by atoms with E-state index in [2.05, 4.69) is 52.6 Å². The molecule has 0 bridgehead atoms. The van der Waals surface area contributed by atoms with Crippen molar-refractivity contribution in [1.82, 2.24) is 9.05 Å². The van der Waals surface area contributed by atoms with Gasteiger partial charge in [-0.25, -0.2) is 9.13 Å². The summed E-state index contributed by atoms with van der Waals surface area (Å²) in [5.41, 5.74) is 4.19. The predicted octanol–water partition coefficient (Wildman–Crippen LogP) is 5.14. The van der Waals surface area contributed by atoms with Crippen LogP contribution in [-0.2, 0) is 14.1 Å². The van der Waals surface area contributed by atoms with Crippen LogP contribution < -0.4 is 31.1 Å². The van der Waals surface area contributed by atoms with E-state index >= 15 is 0 Å². The Labute approximate surface area is 272 Å². The number of benzene rings is 4. The van der Waals surface area contributed by atoms with Gasteiger partial charge in [-0.15, -0.1) is 10.2 Å². The Morgan fingerprint density at radius 2 is 1.53 bits per heavy atom. The molecule has 0 saturated carbocycles. The van der Waals surface area contributed by atoms with Gasteiger partial charge >= 0.3 is 5.95 Å². The van der Waals surface area contributed by atoms with E-state index in [0.717, 1.165) is 33.8 Å². The topological polar surface area (TPSA) is 91.0 Å². The monoisotopic (exact) mass is 631 g/mol. The lowest BCUT2D eigenvalue weighted by Gasteiger charge is -2.23. The maximum Gasteiger partial charge on any atom is 0.421 e. The third-order valence-corrected chi connectivity index (χ3v) is 6.84. The number of halogens is 1. The van der Waals surface area contributed by atoms with Gasteiger partial charge in [-0.2, -0.15) is 0 Å². The van der Waals surface area contributed by atoms with Gasteiger partial charge in [-0.05, 0) is 60.0 Å². The van der Waals surface area contributed by atoms with Crippen LogP contribution in [0, 0.1) is 0 Å². The molecule has 4 aromatic carbocycles. The summed E-state index contributed by atoms with van der Waals surface area (Å²) >= 11 is 0. The zero-order valence-corrected chi connectivity index (χ0v) is 27.2. The Hall–Kier alpha value is -4.80. The van der Waals surface area contributed by atoms with Gasteiger partial charge in [-0.3, -0.25) is 4.48 Å². The fourth-order valence-corrected chi connectivity index (χ4v) is 4.26. The second-order valence-electron chi connectivity index (χ2n) is 11.2. The molecule has 1 heterocycles. The van der Waals surface area contributed by atoms with Gasteiger partial charge in [0.2, 0.25) is 0 Å². The number of quaternary nitrogens is 1. The van der Waals surface area contributed by atoms with Crippen molar-refractivity contribution in [2.45, 2.75) is 7.43 Å². The second kappa shape index (κ2) is 15.8. The quantitative estimate of drug-likeness (QED) is 0.153. The summed E-state index contributed by atoms with van der Waals surface area (Å²) in [7, 11) is 15.8. The van der Waals surface area contributed by atoms with E-state index in [0.29, 0.717) is 21.6 Å². The van der Waals surface area contributed by atoms with Crippen molar-refractivity contribution >= 4 is 45.2 Å². The number of aromatic hydroxyl groups is 1. The molecule has 45 heavy (non-hydrogen) atoms. The molecule has 0 atom stereocenters. The number of phenols is 1. The van der Waals surface area contributed by atoms with E-state index in [1.54, 1.807) is 13.2 Å². The van der Waals surface area contributed by atoms with E-state index in [1.807, 2.05) is 116 Å². The number of nitrogens with zero attached hydrogens (tertiary/aromatic N) is 8. The molecule has 10 nitrogen and oxygen atoms in total. The molecule has 11 heteroatoms. The van der Waals surface area contributed by atoms with Crippen LogP contribution in [0.15, 0.2) is 112 Å². The second-order valence-corrected chi connectivity index (χ2v) is 11.2. The van der Waals surface area contributed by atoms with Crippen LogP contribution in [0.1, 0.15) is 7.43 Å². The molecule has 1 aromatic heterocycles. The number of ether oxygens (including phenoxy) is 1. The number of rotatable bonds is 7. The number of para-hydroxylation sites is 1. The lowest BCUT2D eigenvalue weighted by molar-refractivity contribution is -0.657. The summed E-state index contributed by atoms with van der Waals surface area (Å²) in [6.45, 7) is 0. The highest BCUT2D eigenvalue weighted by Crippen LogP contribution is 2.39. The lowest BCUT2D eigenvalue weighted by atomic mass is 10.1. The molecule has 5 aromatic rings. The molecular weight excluding hydrogens is 588 g/mol. The molecule has 0 aliphatic rings. The number of hydrogen-bond acceptors (Lipinski definition) is 7. The first-order valence-electron chi connectivity index (χ1n) is 13.8. The van der Waals surface area contributed by atoms with Crippen LogP contribution in [0.25, 0.3) is 10.8 Å². The Morgan fingerprint density at radius 1 is 0.867 bits per heavy atom. The highest BCUT2D eigenvalue weighted by molar-refractivity contribution is 5.97. The highest BCUT2D eigenvalue weighted by Gasteiger charge is 2.15. The van der Waals surface area contributed by atoms with E-state index in [1.165, 1.54) is 0 Å². The number of aromatic nitrogens is 2. The van der Waals surface area contributed by atoms with Crippen LogP contribution >= 0.6 is 0 Å². The number of aryl methyl sites for hydroxylation is 2. The smallest absolute Gasteiger partial charge is 0.421 e. The van der Waals surface area contributed by atoms with Crippen molar-refractivity contribution in [1.29, 1.82) is 0 Å². The summed E-state index contributed by atoms with van der Waals surface area (Å²) in [6.07, 6.45) is 3.90. The standard InChI is InChI=1S/C20H21N3O2.C13H18N5.CH4.ClH/c1-23(2,3)15-11-9-14-10-12-18(24)20(16(14)13-15)22-21-17-7-5-6-8-19(17)25-4;1-16(2)12-7-5-11(6-8-12)14-15-13-17(3)9-10-18(13)4;;/h5-13H,1-4H3;5-10H,1-4H3;1H4;1H/q;+1;;. The van der Waals surface area contributed by atoms with Crippen LogP contribution in [0.5, 0.6) is 11.5 Å². The molecule has 0 aliphatic carbocycles. The van der Waals surface area contributed by atoms with Crippen molar-refractivity contribution in [3.8, 4) is 11.5 Å². The van der Waals surface area contributed by atoms with Gasteiger partial charge in [0.1, 0.15) is 34.2 Å². The Balaban J connectivity index is 0.000000315. The highest BCUT2D eigenvalue weighted by atomic mass is 35.5. The molecule has 0 radical (unpaired) electrons. The molecule has 0 fully saturated rings. The molecule has 0 amide bonds. The first-order chi connectivity index (χ1) is 20.5. The number of fused-ring (bicyclic) bond motifs is 1. The van der Waals surface area contributed by atoms with Gasteiger partial charge in [0.15, 0.2) is 0 Å². The average Bonchev–Trinajstić information content (AvgIpc) is 3.31. The molecule has 5 rings (SSSR count). The van der Waals surface area contributed by atoms with Crippen molar-refractivity contribution in [3.05, 3.63) is 91.3 Å². The summed E-state index contributed by atoms with van der Waals surface area (Å²) in [4.78, 5) is 2.05. The largest absolute Gasteiger partial charge is 1.00 e. The minimum absolute atomic E-state index is 0. The normalized spacial score (nSPS) is 11.1. The maximum absolute atomic E-state index is 10.3. The fraction of sp³-hybridized carbons (Fsp3) is 0.265. The Kier molecular flexibility index (Phi) is 12.8. The number of anilines is 1. The van der Waals surface area contributed by atoms with Gasteiger partial charge in [-0.1, -0.05) is 30.7 Å².